The molecule has 1 N–H and O–H groups in total. The van der Waals surface area contributed by atoms with Gasteiger partial charge in [-0.05, 0) is 55.3 Å². The van der Waals surface area contributed by atoms with Crippen LogP contribution in [-0.2, 0) is 4.79 Å². The van der Waals surface area contributed by atoms with Gasteiger partial charge in [0.05, 0.1) is 23.6 Å². The Labute approximate surface area is 202 Å². The number of nitrogens with zero attached hydrogens (tertiary/aromatic N) is 3. The summed E-state index contributed by atoms with van der Waals surface area (Å²) in [5.74, 6) is 1.39. The molecule has 33 heavy (non-hydrogen) atoms. The monoisotopic (exact) mass is 478 g/mol. The molecule has 3 aromatic carbocycles. The van der Waals surface area contributed by atoms with Crippen molar-refractivity contribution in [1.82, 2.24) is 14.8 Å². The predicted octanol–water partition coefficient (Wildman–Crippen LogP) is 5.94. The number of thioether (sulfide) groups is 1. The molecule has 1 amide bonds. The Hall–Kier alpha value is -3.29. The van der Waals surface area contributed by atoms with Crippen LogP contribution in [0.4, 0.5) is 5.69 Å². The van der Waals surface area contributed by atoms with Crippen molar-refractivity contribution < 1.29 is 9.53 Å². The third-order valence-corrected chi connectivity index (χ3v) is 6.23. The Balaban J connectivity index is 1.60. The van der Waals surface area contributed by atoms with E-state index in [1.807, 2.05) is 85.1 Å². The summed E-state index contributed by atoms with van der Waals surface area (Å²) in [6.07, 6.45) is 0. The zero-order valence-corrected chi connectivity index (χ0v) is 20.1. The second-order valence-corrected chi connectivity index (χ2v) is 8.83. The summed E-state index contributed by atoms with van der Waals surface area (Å²) in [7, 11) is 1.63. The Morgan fingerprint density at radius 3 is 2.58 bits per heavy atom. The van der Waals surface area contributed by atoms with Crippen molar-refractivity contribution >= 4 is 35.0 Å². The molecule has 0 bridgehead atoms. The number of carbonyl (C=O) groups is 1. The van der Waals surface area contributed by atoms with Crippen LogP contribution in [0, 0.1) is 13.8 Å². The van der Waals surface area contributed by atoms with Gasteiger partial charge in [0, 0.05) is 11.3 Å². The fourth-order valence-electron chi connectivity index (χ4n) is 3.50. The first-order valence-corrected chi connectivity index (χ1v) is 11.7. The normalized spacial score (nSPS) is 10.8. The van der Waals surface area contributed by atoms with E-state index in [9.17, 15) is 4.79 Å². The number of ether oxygens (including phenoxy) is 1. The van der Waals surface area contributed by atoms with Crippen molar-refractivity contribution in [2.45, 2.75) is 19.0 Å². The molecule has 6 nitrogen and oxygen atoms in total. The number of aryl methyl sites for hydroxylation is 2. The highest BCUT2D eigenvalue weighted by molar-refractivity contribution is 7.99. The summed E-state index contributed by atoms with van der Waals surface area (Å²) in [6.45, 7) is 3.89. The highest BCUT2D eigenvalue weighted by Gasteiger charge is 2.18. The van der Waals surface area contributed by atoms with Crippen LogP contribution >= 0.6 is 23.4 Å². The molecular weight excluding hydrogens is 456 g/mol. The van der Waals surface area contributed by atoms with Crippen molar-refractivity contribution in [2.24, 2.45) is 0 Å². The van der Waals surface area contributed by atoms with E-state index in [0.717, 1.165) is 28.1 Å². The molecule has 8 heteroatoms. The van der Waals surface area contributed by atoms with Gasteiger partial charge in [-0.15, -0.1) is 10.2 Å². The van der Waals surface area contributed by atoms with Gasteiger partial charge in [-0.3, -0.25) is 9.36 Å². The second kappa shape index (κ2) is 10.1. The molecule has 1 heterocycles. The maximum atomic E-state index is 12.7. The minimum atomic E-state index is -0.167. The number of para-hydroxylation sites is 1. The third-order valence-electron chi connectivity index (χ3n) is 5.00. The van der Waals surface area contributed by atoms with Crippen molar-refractivity contribution in [2.75, 3.05) is 18.2 Å². The average Bonchev–Trinajstić information content (AvgIpc) is 3.24. The number of nitrogens with one attached hydrogen (secondary N) is 1. The van der Waals surface area contributed by atoms with E-state index in [4.69, 9.17) is 16.3 Å². The van der Waals surface area contributed by atoms with E-state index in [1.165, 1.54) is 11.8 Å². The maximum Gasteiger partial charge on any atom is 0.234 e. The van der Waals surface area contributed by atoms with Crippen LogP contribution in [0.1, 0.15) is 11.1 Å². The van der Waals surface area contributed by atoms with Crippen LogP contribution in [0.5, 0.6) is 5.75 Å². The van der Waals surface area contributed by atoms with Crippen LogP contribution in [0.25, 0.3) is 17.1 Å². The number of benzene rings is 3. The lowest BCUT2D eigenvalue weighted by atomic mass is 10.1. The van der Waals surface area contributed by atoms with Gasteiger partial charge in [0.15, 0.2) is 11.0 Å². The number of rotatable bonds is 7. The number of aromatic nitrogens is 3. The summed E-state index contributed by atoms with van der Waals surface area (Å²) < 4.78 is 7.31. The molecule has 0 fully saturated rings. The highest BCUT2D eigenvalue weighted by atomic mass is 35.5. The molecule has 0 aliphatic rings. The predicted molar refractivity (Wildman–Crippen MR) is 134 cm³/mol. The van der Waals surface area contributed by atoms with Crippen molar-refractivity contribution in [1.29, 1.82) is 0 Å². The van der Waals surface area contributed by atoms with Crippen molar-refractivity contribution in [3.05, 3.63) is 82.9 Å². The van der Waals surface area contributed by atoms with Gasteiger partial charge in [0.2, 0.25) is 5.91 Å². The van der Waals surface area contributed by atoms with Crippen molar-refractivity contribution in [3.63, 3.8) is 0 Å². The van der Waals surface area contributed by atoms with Crippen LogP contribution in [-0.4, -0.2) is 33.5 Å². The largest absolute Gasteiger partial charge is 0.497 e. The Kier molecular flexibility index (Phi) is 7.01. The number of hydrogen-bond donors (Lipinski definition) is 1. The van der Waals surface area contributed by atoms with E-state index in [0.29, 0.717) is 21.7 Å². The summed E-state index contributed by atoms with van der Waals surface area (Å²) in [5, 5.41) is 12.9. The summed E-state index contributed by atoms with van der Waals surface area (Å²) >= 11 is 7.65. The molecule has 1 aromatic heterocycles. The second-order valence-electron chi connectivity index (χ2n) is 7.48. The molecule has 0 radical (unpaired) electrons. The number of halogens is 1. The molecule has 0 atom stereocenters. The van der Waals surface area contributed by atoms with Crippen LogP contribution in [0.3, 0.4) is 0 Å². The Bertz CT molecular complexity index is 1270. The first kappa shape index (κ1) is 22.9. The zero-order chi connectivity index (χ0) is 23.4. The van der Waals surface area contributed by atoms with Crippen LogP contribution in [0.2, 0.25) is 5.02 Å². The standard InChI is InChI=1S/C25H23ClN4O2S/c1-16-12-17(2)23(21(26)13-16)27-22(31)15-33-25-29-28-24(18-8-7-11-20(14-18)32-3)30(25)19-9-5-4-6-10-19/h4-14H,15H2,1-3H3,(H,27,31). The van der Waals surface area contributed by atoms with E-state index in [1.54, 1.807) is 7.11 Å². The number of anilines is 1. The zero-order valence-electron chi connectivity index (χ0n) is 18.5. The minimum Gasteiger partial charge on any atom is -0.497 e. The summed E-state index contributed by atoms with van der Waals surface area (Å²) in [5.41, 5.74) is 4.37. The first-order valence-electron chi connectivity index (χ1n) is 10.3. The molecular formula is C25H23ClN4O2S. The van der Waals surface area contributed by atoms with Crippen LogP contribution < -0.4 is 10.1 Å². The first-order chi connectivity index (χ1) is 16.0. The molecule has 0 unspecified atom stereocenters. The van der Waals surface area contributed by atoms with E-state index in [-0.39, 0.29) is 11.7 Å². The van der Waals surface area contributed by atoms with Gasteiger partial charge in [-0.25, -0.2) is 0 Å². The number of carbonyl (C=O) groups excluding carboxylic acids is 1. The Morgan fingerprint density at radius 2 is 1.85 bits per heavy atom. The molecule has 4 aromatic rings. The SMILES string of the molecule is COc1cccc(-c2nnc(SCC(=O)Nc3c(C)cc(C)cc3Cl)n2-c2ccccc2)c1. The third kappa shape index (κ3) is 5.21. The van der Waals surface area contributed by atoms with Gasteiger partial charge < -0.3 is 10.1 Å². The lowest BCUT2D eigenvalue weighted by molar-refractivity contribution is -0.113. The highest BCUT2D eigenvalue weighted by Crippen LogP contribution is 2.31. The van der Waals surface area contributed by atoms with E-state index >= 15 is 0 Å². The van der Waals surface area contributed by atoms with Gasteiger partial charge >= 0.3 is 0 Å². The molecule has 0 spiro atoms. The topological polar surface area (TPSA) is 69.0 Å². The van der Waals surface area contributed by atoms with E-state index in [2.05, 4.69) is 15.5 Å². The fraction of sp³-hybridized carbons (Fsp3) is 0.160. The van der Waals surface area contributed by atoms with Gasteiger partial charge in [-0.1, -0.05) is 59.8 Å². The molecule has 0 saturated heterocycles. The molecule has 0 aliphatic heterocycles. The molecule has 0 aliphatic carbocycles. The molecule has 168 valence electrons. The van der Waals surface area contributed by atoms with Crippen LogP contribution in [0.15, 0.2) is 71.9 Å². The van der Waals surface area contributed by atoms with Gasteiger partial charge in [0.25, 0.3) is 0 Å². The lowest BCUT2D eigenvalue weighted by Crippen LogP contribution is -2.16. The summed E-state index contributed by atoms with van der Waals surface area (Å²) in [4.78, 5) is 12.7. The number of amides is 1. The molecule has 4 rings (SSSR count). The number of methoxy groups -OCH3 is 1. The quantitative estimate of drug-likeness (QED) is 0.333. The molecule has 0 saturated carbocycles. The number of hydrogen-bond acceptors (Lipinski definition) is 5. The maximum absolute atomic E-state index is 12.7. The smallest absolute Gasteiger partial charge is 0.234 e. The van der Waals surface area contributed by atoms with Gasteiger partial charge in [-0.2, -0.15) is 0 Å². The lowest BCUT2D eigenvalue weighted by Gasteiger charge is -2.12. The minimum absolute atomic E-state index is 0.159. The van der Waals surface area contributed by atoms with Crippen molar-refractivity contribution in [3.8, 4) is 22.8 Å². The average molecular weight is 479 g/mol. The summed E-state index contributed by atoms with van der Waals surface area (Å²) in [6, 6.07) is 21.3. The Morgan fingerprint density at radius 1 is 1.06 bits per heavy atom. The fourth-order valence-corrected chi connectivity index (χ4v) is 4.62. The van der Waals surface area contributed by atoms with Gasteiger partial charge in [0.1, 0.15) is 5.75 Å². The van der Waals surface area contributed by atoms with E-state index < -0.39 is 0 Å².